The zero-order valence-corrected chi connectivity index (χ0v) is 8.72. The molecule has 0 saturated heterocycles. The van der Waals surface area contributed by atoms with E-state index in [1.165, 1.54) is 19.2 Å². The lowest BCUT2D eigenvalue weighted by Gasteiger charge is -2.16. The number of aliphatic hydroxyl groups excluding tert-OH is 2. The number of rotatable bonds is 4. The molecule has 16 heavy (non-hydrogen) atoms. The van der Waals surface area contributed by atoms with Gasteiger partial charge in [0, 0.05) is 11.6 Å². The first-order valence-electron chi connectivity index (χ1n) is 4.66. The molecular weight excluding hydrogens is 213 g/mol. The molecule has 1 aromatic rings. The second-order valence-corrected chi connectivity index (χ2v) is 3.26. The van der Waals surface area contributed by atoms with E-state index in [1.54, 1.807) is 6.07 Å². The van der Waals surface area contributed by atoms with Gasteiger partial charge in [-0.25, -0.2) is 4.39 Å². The average Bonchev–Trinajstić information content (AvgIpc) is 2.28. The summed E-state index contributed by atoms with van der Waals surface area (Å²) in [6.45, 7) is 0. The van der Waals surface area contributed by atoms with Crippen LogP contribution in [0.2, 0.25) is 0 Å². The van der Waals surface area contributed by atoms with Gasteiger partial charge >= 0.3 is 0 Å². The summed E-state index contributed by atoms with van der Waals surface area (Å²) in [5, 5.41) is 27.3. The van der Waals surface area contributed by atoms with Crippen molar-refractivity contribution in [1.29, 1.82) is 5.26 Å². The van der Waals surface area contributed by atoms with E-state index in [0.29, 0.717) is 5.75 Å². The Labute approximate surface area is 92.5 Å². The van der Waals surface area contributed by atoms with Gasteiger partial charge in [-0.1, -0.05) is 0 Å². The van der Waals surface area contributed by atoms with Gasteiger partial charge in [0.05, 0.1) is 25.7 Å². The SMILES string of the molecule is COc1ccc(C(O)C(O)CC#N)c(F)c1. The molecule has 0 aliphatic carbocycles. The van der Waals surface area contributed by atoms with Crippen molar-refractivity contribution in [3.63, 3.8) is 0 Å². The molecular formula is C11H12FNO3. The summed E-state index contributed by atoms with van der Waals surface area (Å²) in [4.78, 5) is 0. The molecule has 2 N–H and O–H groups in total. The summed E-state index contributed by atoms with van der Waals surface area (Å²) >= 11 is 0. The normalized spacial score (nSPS) is 13.9. The van der Waals surface area contributed by atoms with Crippen molar-refractivity contribution in [1.82, 2.24) is 0 Å². The van der Waals surface area contributed by atoms with Gasteiger partial charge in [-0.2, -0.15) is 5.26 Å². The number of aliphatic hydroxyl groups is 2. The van der Waals surface area contributed by atoms with Crippen molar-refractivity contribution in [2.75, 3.05) is 7.11 Å². The predicted molar refractivity (Wildman–Crippen MR) is 54.1 cm³/mol. The monoisotopic (exact) mass is 225 g/mol. The average molecular weight is 225 g/mol. The van der Waals surface area contributed by atoms with Crippen LogP contribution in [-0.4, -0.2) is 23.4 Å². The maximum atomic E-state index is 13.5. The molecule has 0 amide bonds. The van der Waals surface area contributed by atoms with Crippen LogP contribution in [0.1, 0.15) is 18.1 Å². The molecule has 0 fully saturated rings. The van der Waals surface area contributed by atoms with Gasteiger partial charge in [0.2, 0.25) is 0 Å². The van der Waals surface area contributed by atoms with Crippen LogP contribution in [0.3, 0.4) is 0 Å². The highest BCUT2D eigenvalue weighted by Gasteiger charge is 2.21. The molecule has 5 heteroatoms. The molecule has 2 unspecified atom stereocenters. The van der Waals surface area contributed by atoms with Gasteiger partial charge in [0.25, 0.3) is 0 Å². The van der Waals surface area contributed by atoms with Crippen molar-refractivity contribution in [2.45, 2.75) is 18.6 Å². The van der Waals surface area contributed by atoms with Gasteiger partial charge in [0.15, 0.2) is 0 Å². The van der Waals surface area contributed by atoms with Crippen LogP contribution in [0, 0.1) is 17.1 Å². The summed E-state index contributed by atoms with van der Waals surface area (Å²) in [6.07, 6.45) is -2.97. The number of nitriles is 1. The minimum Gasteiger partial charge on any atom is -0.497 e. The fraction of sp³-hybridized carbons (Fsp3) is 0.364. The van der Waals surface area contributed by atoms with E-state index < -0.39 is 18.0 Å². The second-order valence-electron chi connectivity index (χ2n) is 3.26. The van der Waals surface area contributed by atoms with Gasteiger partial charge in [0.1, 0.15) is 17.7 Å². The molecule has 1 aromatic carbocycles. The smallest absolute Gasteiger partial charge is 0.132 e. The summed E-state index contributed by atoms with van der Waals surface area (Å²) in [5.41, 5.74) is -0.0523. The lowest BCUT2D eigenvalue weighted by atomic mass is 10.0. The summed E-state index contributed by atoms with van der Waals surface area (Å²) in [5.74, 6) is -0.355. The maximum absolute atomic E-state index is 13.5. The number of hydrogen-bond acceptors (Lipinski definition) is 4. The van der Waals surface area contributed by atoms with E-state index in [1.807, 2.05) is 0 Å². The van der Waals surface area contributed by atoms with Crippen molar-refractivity contribution in [2.24, 2.45) is 0 Å². The highest BCUT2D eigenvalue weighted by molar-refractivity contribution is 5.30. The molecule has 2 atom stereocenters. The standard InChI is InChI=1S/C11H12FNO3/c1-16-7-2-3-8(9(12)6-7)11(15)10(14)4-5-13/h2-3,6,10-11,14-15H,4H2,1H3. The topological polar surface area (TPSA) is 73.5 Å². The third-order valence-corrected chi connectivity index (χ3v) is 2.19. The molecule has 86 valence electrons. The fourth-order valence-corrected chi connectivity index (χ4v) is 1.29. The van der Waals surface area contributed by atoms with Crippen molar-refractivity contribution < 1.29 is 19.3 Å². The Kier molecular flexibility index (Phi) is 4.23. The number of ether oxygens (including phenoxy) is 1. The summed E-state index contributed by atoms with van der Waals surface area (Å²) < 4.78 is 18.3. The molecule has 4 nitrogen and oxygen atoms in total. The van der Waals surface area contributed by atoms with E-state index >= 15 is 0 Å². The van der Waals surface area contributed by atoms with Crippen LogP contribution in [0.25, 0.3) is 0 Å². The lowest BCUT2D eigenvalue weighted by Crippen LogP contribution is -2.18. The Morgan fingerprint density at radius 3 is 2.69 bits per heavy atom. The van der Waals surface area contributed by atoms with Crippen LogP contribution in [-0.2, 0) is 0 Å². The van der Waals surface area contributed by atoms with Gasteiger partial charge in [-0.3, -0.25) is 0 Å². The van der Waals surface area contributed by atoms with E-state index in [2.05, 4.69) is 0 Å². The fourth-order valence-electron chi connectivity index (χ4n) is 1.29. The van der Waals surface area contributed by atoms with Gasteiger partial charge in [-0.15, -0.1) is 0 Å². The Morgan fingerprint density at radius 1 is 1.50 bits per heavy atom. The van der Waals surface area contributed by atoms with Crippen molar-refractivity contribution in [3.05, 3.63) is 29.6 Å². The highest BCUT2D eigenvalue weighted by Crippen LogP contribution is 2.24. The van der Waals surface area contributed by atoms with Crippen molar-refractivity contribution in [3.8, 4) is 11.8 Å². The van der Waals surface area contributed by atoms with Crippen LogP contribution in [0.15, 0.2) is 18.2 Å². The minimum atomic E-state index is -1.41. The molecule has 0 aliphatic heterocycles. The number of halogens is 1. The zero-order chi connectivity index (χ0) is 12.1. The van der Waals surface area contributed by atoms with E-state index in [-0.39, 0.29) is 12.0 Å². The summed E-state index contributed by atoms with van der Waals surface area (Å²) in [6, 6.07) is 5.60. The Balaban J connectivity index is 2.92. The van der Waals surface area contributed by atoms with Crippen LogP contribution >= 0.6 is 0 Å². The van der Waals surface area contributed by atoms with Crippen LogP contribution in [0.5, 0.6) is 5.75 Å². The highest BCUT2D eigenvalue weighted by atomic mass is 19.1. The van der Waals surface area contributed by atoms with E-state index in [9.17, 15) is 14.6 Å². The molecule has 0 aliphatic rings. The second kappa shape index (κ2) is 5.45. The minimum absolute atomic E-state index is 0.0523. The summed E-state index contributed by atoms with van der Waals surface area (Å²) in [7, 11) is 1.40. The predicted octanol–water partition coefficient (Wildman–Crippen LogP) is 1.14. The molecule has 1 rings (SSSR count). The largest absolute Gasteiger partial charge is 0.497 e. The third kappa shape index (κ3) is 2.69. The number of nitrogens with zero attached hydrogens (tertiary/aromatic N) is 1. The van der Waals surface area contributed by atoms with Crippen LogP contribution in [0.4, 0.5) is 4.39 Å². The first kappa shape index (κ1) is 12.4. The number of hydrogen-bond donors (Lipinski definition) is 2. The Morgan fingerprint density at radius 2 is 2.19 bits per heavy atom. The Hall–Kier alpha value is -1.64. The Bertz CT molecular complexity index is 403. The molecule has 0 spiro atoms. The van der Waals surface area contributed by atoms with Gasteiger partial charge < -0.3 is 14.9 Å². The molecule has 0 saturated carbocycles. The van der Waals surface area contributed by atoms with E-state index in [4.69, 9.17) is 10.00 Å². The molecule has 0 aromatic heterocycles. The number of methoxy groups -OCH3 is 1. The molecule has 0 radical (unpaired) electrons. The van der Waals surface area contributed by atoms with Gasteiger partial charge in [-0.05, 0) is 12.1 Å². The third-order valence-electron chi connectivity index (χ3n) is 2.19. The van der Waals surface area contributed by atoms with Crippen molar-refractivity contribution >= 4 is 0 Å². The lowest BCUT2D eigenvalue weighted by molar-refractivity contribution is 0.0194. The van der Waals surface area contributed by atoms with Crippen LogP contribution < -0.4 is 4.74 Å². The molecule has 0 heterocycles. The quantitative estimate of drug-likeness (QED) is 0.805. The first-order valence-corrected chi connectivity index (χ1v) is 4.66. The molecule has 0 bridgehead atoms. The number of benzene rings is 1. The van der Waals surface area contributed by atoms with E-state index in [0.717, 1.165) is 6.07 Å². The zero-order valence-electron chi connectivity index (χ0n) is 8.72. The maximum Gasteiger partial charge on any atom is 0.132 e. The first-order chi connectivity index (χ1) is 7.60.